The minimum atomic E-state index is -1.09. The molecule has 2 N–H and O–H groups in total. The first-order valence-corrected chi connectivity index (χ1v) is 9.12. The van der Waals surface area contributed by atoms with E-state index >= 15 is 0 Å². The second kappa shape index (κ2) is 7.51. The van der Waals surface area contributed by atoms with Gasteiger partial charge in [0.15, 0.2) is 11.6 Å². The molecule has 0 bridgehead atoms. The lowest BCUT2D eigenvalue weighted by Gasteiger charge is -2.38. The van der Waals surface area contributed by atoms with Gasteiger partial charge in [0.2, 0.25) is 5.91 Å². The number of amides is 3. The van der Waals surface area contributed by atoms with E-state index in [2.05, 4.69) is 26.6 Å². The zero-order valence-electron chi connectivity index (χ0n) is 14.5. The number of benzene rings is 1. The molecule has 0 aromatic heterocycles. The first-order chi connectivity index (χ1) is 12.7. The van der Waals surface area contributed by atoms with Crippen LogP contribution in [0.15, 0.2) is 16.6 Å². The van der Waals surface area contributed by atoms with Crippen molar-refractivity contribution in [3.63, 3.8) is 0 Å². The quantitative estimate of drug-likeness (QED) is 0.543. The first-order valence-electron chi connectivity index (χ1n) is 8.33. The Bertz CT molecular complexity index is 777. The summed E-state index contributed by atoms with van der Waals surface area (Å²) < 4.78 is 31.6. The maximum Gasteiger partial charge on any atom is 0.311 e. The summed E-state index contributed by atoms with van der Waals surface area (Å²) >= 11 is 2.88. The fraction of sp³-hybridized carbons (Fsp3) is 0.471. The molecule has 10 heteroatoms. The van der Waals surface area contributed by atoms with Crippen LogP contribution < -0.4 is 10.6 Å². The third-order valence-electron chi connectivity index (χ3n) is 4.55. The molecule has 1 atom stereocenters. The highest BCUT2D eigenvalue weighted by atomic mass is 79.9. The molecule has 2 fully saturated rings. The molecular weight excluding hydrogens is 428 g/mol. The zero-order chi connectivity index (χ0) is 19.8. The lowest BCUT2D eigenvalue weighted by atomic mass is 10.0. The number of ether oxygens (including phenoxy) is 1. The van der Waals surface area contributed by atoms with Crippen LogP contribution in [0, 0.1) is 17.6 Å². The number of anilines is 1. The summed E-state index contributed by atoms with van der Waals surface area (Å²) in [6.45, 7) is 2.82. The van der Waals surface area contributed by atoms with Gasteiger partial charge in [-0.1, -0.05) is 0 Å². The summed E-state index contributed by atoms with van der Waals surface area (Å²) in [5.41, 5.74) is -0.435. The van der Waals surface area contributed by atoms with E-state index in [9.17, 15) is 23.2 Å². The van der Waals surface area contributed by atoms with Crippen LogP contribution in [-0.4, -0.2) is 54.5 Å². The number of halogens is 3. The van der Waals surface area contributed by atoms with Crippen molar-refractivity contribution in [3.8, 4) is 0 Å². The van der Waals surface area contributed by atoms with Gasteiger partial charge in [-0.05, 0) is 35.3 Å². The van der Waals surface area contributed by atoms with Crippen molar-refractivity contribution in [2.75, 3.05) is 31.6 Å². The number of carbonyl (C=O) groups excluding carboxylic acids is 3. The van der Waals surface area contributed by atoms with Crippen LogP contribution in [0.25, 0.3) is 0 Å². The van der Waals surface area contributed by atoms with Gasteiger partial charge in [0.1, 0.15) is 0 Å². The van der Waals surface area contributed by atoms with Crippen LogP contribution in [0.3, 0.4) is 0 Å². The van der Waals surface area contributed by atoms with Crippen molar-refractivity contribution in [3.05, 3.63) is 28.2 Å². The molecule has 2 saturated heterocycles. The van der Waals surface area contributed by atoms with Gasteiger partial charge in [-0.15, -0.1) is 0 Å². The molecule has 1 aromatic carbocycles. The monoisotopic (exact) mass is 445 g/mol. The Morgan fingerprint density at radius 1 is 1.30 bits per heavy atom. The molecule has 2 heterocycles. The number of nitrogens with one attached hydrogen (secondary N) is 2. The highest BCUT2D eigenvalue weighted by Gasteiger charge is 2.39. The lowest BCUT2D eigenvalue weighted by Crippen LogP contribution is -2.62. The molecule has 0 saturated carbocycles. The number of rotatable bonds is 3. The van der Waals surface area contributed by atoms with Crippen molar-refractivity contribution in [2.24, 2.45) is 5.92 Å². The van der Waals surface area contributed by atoms with Crippen molar-refractivity contribution >= 4 is 39.3 Å². The summed E-state index contributed by atoms with van der Waals surface area (Å²) in [7, 11) is 0. The maximum absolute atomic E-state index is 13.4. The molecule has 1 aromatic rings. The standard InChI is InChI=1S/C17H18BrF2N3O4/c1-17(7-27-8-17)22-15(25)16(26)23-3-2-9(6-23)14(24)21-10-4-11(18)13(20)12(19)5-10/h4-5,9H,2-3,6-8H2,1H3,(H,21,24)(H,22,25)/t9-/m0/s1. The van der Waals surface area contributed by atoms with Crippen molar-refractivity contribution in [2.45, 2.75) is 18.9 Å². The number of nitrogens with zero attached hydrogens (tertiary/aromatic N) is 1. The predicted octanol–water partition coefficient (Wildman–Crippen LogP) is 1.42. The molecule has 146 valence electrons. The van der Waals surface area contributed by atoms with Gasteiger partial charge < -0.3 is 20.3 Å². The van der Waals surface area contributed by atoms with E-state index in [1.165, 1.54) is 11.0 Å². The van der Waals surface area contributed by atoms with Gasteiger partial charge in [-0.25, -0.2) is 8.78 Å². The second-order valence-electron chi connectivity index (χ2n) is 6.99. The fourth-order valence-corrected chi connectivity index (χ4v) is 3.42. The molecule has 3 rings (SSSR count). The van der Waals surface area contributed by atoms with E-state index < -0.39 is 40.8 Å². The van der Waals surface area contributed by atoms with Crippen LogP contribution >= 0.6 is 15.9 Å². The molecule has 2 aliphatic rings. The average molecular weight is 446 g/mol. The summed E-state index contributed by atoms with van der Waals surface area (Å²) in [6.07, 6.45) is 0.371. The molecule has 27 heavy (non-hydrogen) atoms. The van der Waals surface area contributed by atoms with E-state index in [0.29, 0.717) is 19.6 Å². The number of carbonyl (C=O) groups is 3. The molecule has 0 aliphatic carbocycles. The van der Waals surface area contributed by atoms with Gasteiger partial charge in [-0.3, -0.25) is 14.4 Å². The Morgan fingerprint density at radius 3 is 2.59 bits per heavy atom. The molecule has 3 amide bonds. The fourth-order valence-electron chi connectivity index (χ4n) is 2.98. The largest absolute Gasteiger partial charge is 0.376 e. The topological polar surface area (TPSA) is 87.7 Å². The number of hydrogen-bond acceptors (Lipinski definition) is 4. The highest BCUT2D eigenvalue weighted by molar-refractivity contribution is 9.10. The third-order valence-corrected chi connectivity index (χ3v) is 5.13. The van der Waals surface area contributed by atoms with E-state index in [-0.39, 0.29) is 23.2 Å². The summed E-state index contributed by atoms with van der Waals surface area (Å²) in [5, 5.41) is 5.14. The SMILES string of the molecule is CC1(NC(=O)C(=O)N2CC[C@H](C(=O)Nc3cc(F)c(F)c(Br)c3)C2)COC1. The van der Waals surface area contributed by atoms with Gasteiger partial charge >= 0.3 is 11.8 Å². The van der Waals surface area contributed by atoms with Gasteiger partial charge in [0.05, 0.1) is 29.1 Å². The Hall–Kier alpha value is -2.07. The Morgan fingerprint density at radius 2 is 2.00 bits per heavy atom. The molecule has 2 aliphatic heterocycles. The van der Waals surface area contributed by atoms with Crippen LogP contribution in [0.2, 0.25) is 0 Å². The van der Waals surface area contributed by atoms with Crippen LogP contribution in [0.5, 0.6) is 0 Å². The van der Waals surface area contributed by atoms with Crippen LogP contribution in [0.1, 0.15) is 13.3 Å². The van der Waals surface area contributed by atoms with Crippen molar-refractivity contribution in [1.29, 1.82) is 0 Å². The van der Waals surface area contributed by atoms with Crippen molar-refractivity contribution < 1.29 is 27.9 Å². The van der Waals surface area contributed by atoms with Gasteiger partial charge in [0, 0.05) is 24.8 Å². The predicted molar refractivity (Wildman–Crippen MR) is 94.7 cm³/mol. The van der Waals surface area contributed by atoms with Crippen molar-refractivity contribution in [1.82, 2.24) is 10.2 Å². The highest BCUT2D eigenvalue weighted by Crippen LogP contribution is 2.25. The lowest BCUT2D eigenvalue weighted by molar-refractivity contribution is -0.150. The maximum atomic E-state index is 13.4. The normalized spacial score (nSPS) is 20.7. The van der Waals surface area contributed by atoms with E-state index in [4.69, 9.17) is 4.74 Å². The van der Waals surface area contributed by atoms with E-state index in [1.807, 2.05) is 0 Å². The summed E-state index contributed by atoms with van der Waals surface area (Å²) in [4.78, 5) is 38.0. The molecule has 0 unspecified atom stereocenters. The van der Waals surface area contributed by atoms with E-state index in [0.717, 1.165) is 6.07 Å². The Labute approximate surface area is 162 Å². The summed E-state index contributed by atoms with van der Waals surface area (Å²) in [6, 6.07) is 2.13. The minimum Gasteiger partial charge on any atom is -0.376 e. The van der Waals surface area contributed by atoms with E-state index in [1.54, 1.807) is 6.92 Å². The third kappa shape index (κ3) is 4.27. The summed E-state index contributed by atoms with van der Waals surface area (Å²) in [5.74, 6) is -4.53. The van der Waals surface area contributed by atoms with Gasteiger partial charge in [0.25, 0.3) is 0 Å². The zero-order valence-corrected chi connectivity index (χ0v) is 16.1. The number of likely N-dealkylation sites (tertiary alicyclic amines) is 1. The second-order valence-corrected chi connectivity index (χ2v) is 7.84. The Kier molecular flexibility index (Phi) is 5.48. The molecule has 0 radical (unpaired) electrons. The van der Waals surface area contributed by atoms with Crippen LogP contribution in [-0.2, 0) is 19.1 Å². The average Bonchev–Trinajstić information content (AvgIpc) is 3.07. The first kappa shape index (κ1) is 19.7. The minimum absolute atomic E-state index is 0.0795. The molecule has 0 spiro atoms. The van der Waals surface area contributed by atoms with Crippen LogP contribution in [0.4, 0.5) is 14.5 Å². The molecule has 7 nitrogen and oxygen atoms in total. The van der Waals surface area contributed by atoms with Gasteiger partial charge in [-0.2, -0.15) is 0 Å². The number of hydrogen-bond donors (Lipinski definition) is 2. The Balaban J connectivity index is 1.56. The molecular formula is C17H18BrF2N3O4. The smallest absolute Gasteiger partial charge is 0.311 e.